The van der Waals surface area contributed by atoms with Crippen LogP contribution in [0.15, 0.2) is 11.6 Å². The van der Waals surface area contributed by atoms with Crippen molar-refractivity contribution in [3.05, 3.63) is 11.6 Å². The molecule has 0 bridgehead atoms. The zero-order valence-corrected chi connectivity index (χ0v) is 17.9. The van der Waals surface area contributed by atoms with Gasteiger partial charge in [0.15, 0.2) is 8.32 Å². The molecular formula is C22H36O2Si. The Balaban J connectivity index is 1.57. The van der Waals surface area contributed by atoms with E-state index >= 15 is 0 Å². The molecule has 25 heavy (non-hydrogen) atoms. The van der Waals surface area contributed by atoms with Gasteiger partial charge in [0, 0.05) is 17.9 Å². The van der Waals surface area contributed by atoms with E-state index in [2.05, 4.69) is 39.6 Å². The SMILES string of the molecule is C[C@]12CCC(O[Si](C)(C)C)CC1=CCC1[C@@H]2CC[C@]2(C)C(=O)CC[C@@H]12. The summed E-state index contributed by atoms with van der Waals surface area (Å²) in [7, 11) is -1.46. The minimum atomic E-state index is -1.46. The lowest BCUT2D eigenvalue weighted by Gasteiger charge is -2.57. The molecule has 2 unspecified atom stereocenters. The Morgan fingerprint density at radius 3 is 2.44 bits per heavy atom. The number of ketones is 1. The van der Waals surface area contributed by atoms with Crippen molar-refractivity contribution in [1.82, 2.24) is 0 Å². The summed E-state index contributed by atoms with van der Waals surface area (Å²) >= 11 is 0. The Hall–Kier alpha value is -0.413. The Morgan fingerprint density at radius 2 is 1.72 bits per heavy atom. The number of fused-ring (bicyclic) bond motifs is 5. The zero-order valence-electron chi connectivity index (χ0n) is 16.9. The number of hydrogen-bond donors (Lipinski definition) is 0. The van der Waals surface area contributed by atoms with E-state index in [1.165, 1.54) is 25.7 Å². The third-order valence-electron chi connectivity index (χ3n) is 8.29. The zero-order chi connectivity index (χ0) is 18.0. The predicted molar refractivity (Wildman–Crippen MR) is 105 cm³/mol. The van der Waals surface area contributed by atoms with Crippen molar-refractivity contribution < 1.29 is 9.22 Å². The molecule has 3 fully saturated rings. The van der Waals surface area contributed by atoms with Gasteiger partial charge in [0.1, 0.15) is 5.78 Å². The molecule has 3 heteroatoms. The molecule has 0 heterocycles. The smallest absolute Gasteiger partial charge is 0.184 e. The second kappa shape index (κ2) is 5.79. The first kappa shape index (κ1) is 18.0. The molecule has 0 aromatic carbocycles. The van der Waals surface area contributed by atoms with Crippen LogP contribution in [0.25, 0.3) is 0 Å². The van der Waals surface area contributed by atoms with Crippen LogP contribution in [0.2, 0.25) is 19.6 Å². The Kier molecular flexibility index (Phi) is 4.16. The molecule has 0 aromatic rings. The van der Waals surface area contributed by atoms with Crippen LogP contribution in [-0.2, 0) is 9.22 Å². The first-order valence-corrected chi connectivity index (χ1v) is 13.9. The van der Waals surface area contributed by atoms with Crippen LogP contribution >= 0.6 is 0 Å². The first-order chi connectivity index (χ1) is 11.6. The molecule has 4 rings (SSSR count). The molecule has 0 saturated heterocycles. The number of allylic oxidation sites excluding steroid dienone is 1. The lowest BCUT2D eigenvalue weighted by Crippen LogP contribution is -2.51. The van der Waals surface area contributed by atoms with Crippen molar-refractivity contribution in [3.63, 3.8) is 0 Å². The molecule has 4 aliphatic carbocycles. The maximum atomic E-state index is 12.5. The van der Waals surface area contributed by atoms with Gasteiger partial charge >= 0.3 is 0 Å². The number of carbonyl (C=O) groups excluding carboxylic acids is 1. The van der Waals surface area contributed by atoms with E-state index in [9.17, 15) is 4.79 Å². The van der Waals surface area contributed by atoms with Crippen LogP contribution in [0.4, 0.5) is 0 Å². The maximum absolute atomic E-state index is 12.5. The molecule has 3 saturated carbocycles. The summed E-state index contributed by atoms with van der Waals surface area (Å²) in [6, 6.07) is 0. The summed E-state index contributed by atoms with van der Waals surface area (Å²) < 4.78 is 6.46. The van der Waals surface area contributed by atoms with E-state index in [0.29, 0.717) is 23.2 Å². The van der Waals surface area contributed by atoms with E-state index in [-0.39, 0.29) is 5.41 Å². The average Bonchev–Trinajstić information content (AvgIpc) is 2.82. The highest BCUT2D eigenvalue weighted by atomic mass is 28.4. The van der Waals surface area contributed by atoms with Gasteiger partial charge in [-0.05, 0) is 87.8 Å². The van der Waals surface area contributed by atoms with Crippen LogP contribution in [0.3, 0.4) is 0 Å². The van der Waals surface area contributed by atoms with Crippen molar-refractivity contribution >= 4 is 14.1 Å². The number of Topliss-reactive ketones (excluding diaryl/α,β-unsaturated/α-hetero) is 1. The third-order valence-corrected chi connectivity index (χ3v) is 9.33. The Labute approximate surface area is 154 Å². The number of hydrogen-bond acceptors (Lipinski definition) is 2. The minimum absolute atomic E-state index is 0.00101. The summed E-state index contributed by atoms with van der Waals surface area (Å²) in [5, 5.41) is 0. The summed E-state index contributed by atoms with van der Waals surface area (Å²) in [5.41, 5.74) is 2.06. The van der Waals surface area contributed by atoms with Crippen molar-refractivity contribution in [2.24, 2.45) is 28.6 Å². The van der Waals surface area contributed by atoms with E-state index in [1.807, 2.05) is 0 Å². The average molecular weight is 361 g/mol. The Morgan fingerprint density at radius 1 is 1.04 bits per heavy atom. The van der Waals surface area contributed by atoms with Crippen LogP contribution in [0.1, 0.15) is 65.2 Å². The van der Waals surface area contributed by atoms with Gasteiger partial charge in [-0.3, -0.25) is 4.79 Å². The molecule has 4 aliphatic rings. The van der Waals surface area contributed by atoms with Crippen molar-refractivity contribution in [1.29, 1.82) is 0 Å². The normalized spacial score (nSPS) is 46.9. The summed E-state index contributed by atoms with van der Waals surface area (Å²) in [4.78, 5) is 12.5. The highest BCUT2D eigenvalue weighted by Crippen LogP contribution is 2.64. The van der Waals surface area contributed by atoms with Gasteiger partial charge < -0.3 is 4.43 Å². The number of carbonyl (C=O) groups is 1. The minimum Gasteiger partial charge on any atom is -0.414 e. The molecule has 0 spiro atoms. The van der Waals surface area contributed by atoms with Gasteiger partial charge in [-0.2, -0.15) is 0 Å². The summed E-state index contributed by atoms with van der Waals surface area (Å²) in [6.07, 6.45) is 12.3. The quantitative estimate of drug-likeness (QED) is 0.464. The van der Waals surface area contributed by atoms with Crippen LogP contribution in [-0.4, -0.2) is 20.2 Å². The largest absolute Gasteiger partial charge is 0.414 e. The van der Waals surface area contributed by atoms with E-state index in [4.69, 9.17) is 4.43 Å². The van der Waals surface area contributed by atoms with Gasteiger partial charge in [-0.25, -0.2) is 0 Å². The van der Waals surface area contributed by atoms with Crippen molar-refractivity contribution in [3.8, 4) is 0 Å². The van der Waals surface area contributed by atoms with Crippen LogP contribution in [0, 0.1) is 28.6 Å². The van der Waals surface area contributed by atoms with E-state index < -0.39 is 8.32 Å². The lowest BCUT2D eigenvalue weighted by atomic mass is 9.48. The molecular weight excluding hydrogens is 324 g/mol. The second-order valence-corrected chi connectivity index (χ2v) is 15.2. The van der Waals surface area contributed by atoms with Gasteiger partial charge in [-0.15, -0.1) is 0 Å². The lowest BCUT2D eigenvalue weighted by molar-refractivity contribution is -0.131. The molecule has 0 aromatic heterocycles. The predicted octanol–water partition coefficient (Wildman–Crippen LogP) is 5.74. The van der Waals surface area contributed by atoms with Crippen molar-refractivity contribution in [2.75, 3.05) is 0 Å². The summed E-state index contributed by atoms with van der Waals surface area (Å²) in [6.45, 7) is 11.8. The van der Waals surface area contributed by atoms with Crippen LogP contribution < -0.4 is 0 Å². The second-order valence-electron chi connectivity index (χ2n) is 10.8. The highest BCUT2D eigenvalue weighted by molar-refractivity contribution is 6.69. The van der Waals surface area contributed by atoms with Gasteiger partial charge in [0.25, 0.3) is 0 Å². The fourth-order valence-corrected chi connectivity index (χ4v) is 8.20. The van der Waals surface area contributed by atoms with Gasteiger partial charge in [0.2, 0.25) is 0 Å². The Bertz CT molecular complexity index is 604. The number of rotatable bonds is 2. The fraction of sp³-hybridized carbons (Fsp3) is 0.864. The molecule has 6 atom stereocenters. The first-order valence-electron chi connectivity index (χ1n) is 10.5. The van der Waals surface area contributed by atoms with E-state index in [0.717, 1.165) is 37.5 Å². The molecule has 140 valence electrons. The molecule has 0 radical (unpaired) electrons. The third kappa shape index (κ3) is 2.81. The molecule has 0 N–H and O–H groups in total. The monoisotopic (exact) mass is 360 g/mol. The van der Waals surface area contributed by atoms with Gasteiger partial charge in [0.05, 0.1) is 0 Å². The topological polar surface area (TPSA) is 26.3 Å². The molecule has 0 amide bonds. The molecule has 2 nitrogen and oxygen atoms in total. The summed E-state index contributed by atoms with van der Waals surface area (Å²) in [5.74, 6) is 2.74. The van der Waals surface area contributed by atoms with Gasteiger partial charge in [-0.1, -0.05) is 25.5 Å². The molecule has 0 aliphatic heterocycles. The van der Waals surface area contributed by atoms with E-state index in [1.54, 1.807) is 5.57 Å². The highest BCUT2D eigenvalue weighted by Gasteiger charge is 2.58. The maximum Gasteiger partial charge on any atom is 0.184 e. The standard InChI is InChI=1S/C22H36O2Si/c1-21-12-10-16(24-25(3,4)5)14-15(21)6-7-17-18-8-9-20(23)22(18,2)13-11-19(17)21/h6,16-19H,7-14H2,1-5H3/t16?,17?,18-,19-,21-,22-/m0/s1. The van der Waals surface area contributed by atoms with Crippen LogP contribution in [0.5, 0.6) is 0 Å². The van der Waals surface area contributed by atoms with Crippen molar-refractivity contribution in [2.45, 2.75) is 91.0 Å². The fourth-order valence-electron chi connectivity index (χ4n) is 7.00.